The number of nitrogens with two attached hydrogens (primary N) is 1. The second kappa shape index (κ2) is 6.57. The molecule has 6 nitrogen and oxygen atoms in total. The fraction of sp³-hybridized carbons (Fsp3) is 0.412. The number of hydrogen-bond donors (Lipinski definition) is 1. The number of nitriles is 1. The summed E-state index contributed by atoms with van der Waals surface area (Å²) in [5.41, 5.74) is 9.55. The van der Waals surface area contributed by atoms with Crippen molar-refractivity contribution in [2.75, 3.05) is 5.73 Å². The standard InChI is InChI=1S/C17H18N4O2S/c1-2-14-13(21(22)23)8-15(24-14)16-10-6-4-3-5-7-12(10)20-17(19)11(16)9-18/h8H,2-7H2,1H3,(H2,19,20)/p+1. The van der Waals surface area contributed by atoms with Crippen LogP contribution >= 0.6 is 11.3 Å². The van der Waals surface area contributed by atoms with E-state index in [1.807, 2.05) is 6.92 Å². The first kappa shape index (κ1) is 16.4. The van der Waals surface area contributed by atoms with E-state index in [9.17, 15) is 15.4 Å². The maximum atomic E-state index is 11.3. The highest BCUT2D eigenvalue weighted by atomic mass is 32.1. The zero-order valence-corrected chi connectivity index (χ0v) is 14.3. The van der Waals surface area contributed by atoms with E-state index in [1.54, 1.807) is 6.07 Å². The molecular formula is C17H19N4O2S+. The zero-order valence-electron chi connectivity index (χ0n) is 13.5. The van der Waals surface area contributed by atoms with E-state index in [2.05, 4.69) is 11.1 Å². The van der Waals surface area contributed by atoms with Gasteiger partial charge in [0.25, 0.3) is 11.5 Å². The molecule has 2 aromatic rings. The monoisotopic (exact) mass is 343 g/mol. The van der Waals surface area contributed by atoms with Crippen molar-refractivity contribution in [2.45, 2.75) is 45.4 Å². The average Bonchev–Trinajstić information content (AvgIpc) is 2.86. The third kappa shape index (κ3) is 2.74. The summed E-state index contributed by atoms with van der Waals surface area (Å²) >= 11 is 1.40. The molecular weight excluding hydrogens is 324 g/mol. The first-order valence-electron chi connectivity index (χ1n) is 8.10. The lowest BCUT2D eigenvalue weighted by Gasteiger charge is -2.11. The molecule has 2 heterocycles. The van der Waals surface area contributed by atoms with Crippen LogP contribution in [-0.4, -0.2) is 4.92 Å². The van der Waals surface area contributed by atoms with Gasteiger partial charge in [-0.3, -0.25) is 15.8 Å². The Morgan fingerprint density at radius 1 is 1.42 bits per heavy atom. The third-order valence-corrected chi connectivity index (χ3v) is 5.77. The number of H-pyrrole nitrogens is 1. The van der Waals surface area contributed by atoms with E-state index >= 15 is 0 Å². The van der Waals surface area contributed by atoms with Gasteiger partial charge in [-0.1, -0.05) is 13.3 Å². The second-order valence-corrected chi connectivity index (χ2v) is 7.08. The lowest BCUT2D eigenvalue weighted by Crippen LogP contribution is -2.21. The fourth-order valence-electron chi connectivity index (χ4n) is 3.34. The summed E-state index contributed by atoms with van der Waals surface area (Å²) in [7, 11) is 0. The lowest BCUT2D eigenvalue weighted by atomic mass is 9.96. The number of fused-ring (bicyclic) bond motifs is 1. The first-order chi connectivity index (χ1) is 11.6. The number of nitrogen functional groups attached to an aromatic ring is 1. The van der Waals surface area contributed by atoms with Crippen molar-refractivity contribution in [3.8, 4) is 16.5 Å². The SMILES string of the molecule is CCc1sc(-c2c(C#N)c(N)[nH+]c3c2CCCCC3)cc1[N+](=O)[O-]. The summed E-state index contributed by atoms with van der Waals surface area (Å²) < 4.78 is 0. The van der Waals surface area contributed by atoms with Crippen LogP contribution in [0.3, 0.4) is 0 Å². The molecule has 0 fully saturated rings. The molecule has 24 heavy (non-hydrogen) atoms. The van der Waals surface area contributed by atoms with Crippen molar-refractivity contribution in [2.24, 2.45) is 0 Å². The number of anilines is 1. The van der Waals surface area contributed by atoms with Gasteiger partial charge in [-0.05, 0) is 25.7 Å². The van der Waals surface area contributed by atoms with Crippen molar-refractivity contribution in [3.63, 3.8) is 0 Å². The number of aromatic amines is 1. The van der Waals surface area contributed by atoms with Gasteiger partial charge in [-0.25, -0.2) is 4.98 Å². The average molecular weight is 343 g/mol. The molecule has 0 radical (unpaired) electrons. The Morgan fingerprint density at radius 2 is 2.17 bits per heavy atom. The van der Waals surface area contributed by atoms with Crippen LogP contribution in [0.5, 0.6) is 0 Å². The van der Waals surface area contributed by atoms with Crippen LogP contribution in [0.15, 0.2) is 6.07 Å². The Labute approximate surface area is 144 Å². The van der Waals surface area contributed by atoms with E-state index in [4.69, 9.17) is 5.73 Å². The van der Waals surface area contributed by atoms with Crippen LogP contribution in [-0.2, 0) is 19.3 Å². The molecule has 0 saturated carbocycles. The van der Waals surface area contributed by atoms with Crippen molar-refractivity contribution in [1.29, 1.82) is 5.26 Å². The number of pyridine rings is 1. The third-order valence-electron chi connectivity index (χ3n) is 4.49. The molecule has 0 aromatic carbocycles. The van der Waals surface area contributed by atoms with Crippen LogP contribution in [0.4, 0.5) is 11.5 Å². The van der Waals surface area contributed by atoms with Gasteiger partial charge in [0, 0.05) is 28.5 Å². The van der Waals surface area contributed by atoms with Crippen molar-refractivity contribution in [1.82, 2.24) is 0 Å². The van der Waals surface area contributed by atoms with Crippen LogP contribution < -0.4 is 10.7 Å². The molecule has 2 aromatic heterocycles. The summed E-state index contributed by atoms with van der Waals surface area (Å²) in [5.74, 6) is 0.349. The molecule has 0 bridgehead atoms. The number of nitrogens with zero attached hydrogens (tertiary/aromatic N) is 2. The van der Waals surface area contributed by atoms with Gasteiger partial charge in [0.2, 0.25) is 0 Å². The second-order valence-electron chi connectivity index (χ2n) is 5.95. The predicted octanol–water partition coefficient (Wildman–Crippen LogP) is 3.42. The summed E-state index contributed by atoms with van der Waals surface area (Å²) in [6, 6.07) is 3.79. The Balaban J connectivity index is 2.29. The maximum Gasteiger partial charge on any atom is 0.289 e. The Morgan fingerprint density at radius 3 is 2.79 bits per heavy atom. The number of thiophene rings is 1. The van der Waals surface area contributed by atoms with Gasteiger partial charge in [0.05, 0.1) is 9.80 Å². The highest BCUT2D eigenvalue weighted by Crippen LogP contribution is 2.41. The van der Waals surface area contributed by atoms with Crippen LogP contribution in [0.25, 0.3) is 10.4 Å². The van der Waals surface area contributed by atoms with E-state index in [0.29, 0.717) is 17.8 Å². The zero-order chi connectivity index (χ0) is 17.3. The molecule has 0 atom stereocenters. The molecule has 1 aliphatic rings. The lowest BCUT2D eigenvalue weighted by molar-refractivity contribution is -0.385. The Kier molecular flexibility index (Phi) is 4.49. The van der Waals surface area contributed by atoms with Crippen molar-refractivity contribution in [3.05, 3.63) is 37.9 Å². The van der Waals surface area contributed by atoms with E-state index in [1.165, 1.54) is 11.3 Å². The van der Waals surface area contributed by atoms with Gasteiger partial charge in [-0.15, -0.1) is 11.3 Å². The number of rotatable bonds is 3. The topological polar surface area (TPSA) is 107 Å². The highest BCUT2D eigenvalue weighted by molar-refractivity contribution is 7.16. The predicted molar refractivity (Wildman–Crippen MR) is 92.7 cm³/mol. The molecule has 1 aliphatic carbocycles. The van der Waals surface area contributed by atoms with Crippen molar-refractivity contribution < 1.29 is 9.91 Å². The summed E-state index contributed by atoms with van der Waals surface area (Å²) in [6.45, 7) is 1.90. The molecule has 7 heteroatoms. The molecule has 0 amide bonds. The largest absolute Gasteiger partial charge is 0.289 e. The highest BCUT2D eigenvalue weighted by Gasteiger charge is 2.27. The maximum absolute atomic E-state index is 11.3. The summed E-state index contributed by atoms with van der Waals surface area (Å²) in [6.07, 6.45) is 5.62. The van der Waals surface area contributed by atoms with Gasteiger partial charge in [0.15, 0.2) is 0 Å². The summed E-state index contributed by atoms with van der Waals surface area (Å²) in [5, 5.41) is 20.9. The molecule has 0 aliphatic heterocycles. The molecule has 0 unspecified atom stereocenters. The molecule has 0 spiro atoms. The molecule has 0 saturated heterocycles. The number of nitrogens with one attached hydrogen (secondary N) is 1. The number of aryl methyl sites for hydroxylation is 2. The number of nitro groups is 1. The Hall–Kier alpha value is -2.46. The minimum Gasteiger partial charge on any atom is -0.286 e. The quantitative estimate of drug-likeness (QED) is 0.523. The van der Waals surface area contributed by atoms with Gasteiger partial charge >= 0.3 is 0 Å². The normalized spacial score (nSPS) is 13.8. The Bertz CT molecular complexity index is 851. The van der Waals surface area contributed by atoms with Gasteiger partial charge in [-0.2, -0.15) is 5.26 Å². The molecule has 124 valence electrons. The van der Waals surface area contributed by atoms with E-state index in [-0.39, 0.29) is 10.6 Å². The minimum atomic E-state index is -0.345. The van der Waals surface area contributed by atoms with E-state index < -0.39 is 0 Å². The smallest absolute Gasteiger partial charge is 0.286 e. The minimum absolute atomic E-state index is 0.134. The van der Waals surface area contributed by atoms with Crippen LogP contribution in [0, 0.1) is 21.4 Å². The first-order valence-corrected chi connectivity index (χ1v) is 8.92. The molecule has 3 rings (SSSR count). The van der Waals surface area contributed by atoms with Gasteiger partial charge < -0.3 is 0 Å². The van der Waals surface area contributed by atoms with Crippen LogP contribution in [0.2, 0.25) is 0 Å². The summed E-state index contributed by atoms with van der Waals surface area (Å²) in [4.78, 5) is 15.6. The number of hydrogen-bond acceptors (Lipinski definition) is 5. The number of aromatic nitrogens is 1. The van der Waals surface area contributed by atoms with Crippen LogP contribution in [0.1, 0.15) is 47.9 Å². The van der Waals surface area contributed by atoms with Gasteiger partial charge in [0.1, 0.15) is 17.3 Å². The van der Waals surface area contributed by atoms with Crippen molar-refractivity contribution >= 4 is 22.8 Å². The molecule has 3 N–H and O–H groups in total. The van der Waals surface area contributed by atoms with E-state index in [0.717, 1.165) is 58.7 Å². The fourth-order valence-corrected chi connectivity index (χ4v) is 4.49.